The molecule has 2 rings (SSSR count). The number of hydrogen-bond donors (Lipinski definition) is 1. The zero-order chi connectivity index (χ0) is 17.0. The highest BCUT2D eigenvalue weighted by atomic mass is 32.1. The minimum Gasteiger partial charge on any atom is -0.550 e. The SMILES string of the molecule is CC[NH+](Cc1cccc(-c2nc(CC(=O)[O-])cs2)c1)C(C)(C)C. The Morgan fingerprint density at radius 1 is 1.35 bits per heavy atom. The summed E-state index contributed by atoms with van der Waals surface area (Å²) < 4.78 is 0. The second-order valence-corrected chi connectivity index (χ2v) is 7.64. The number of benzene rings is 1. The average Bonchev–Trinajstić information content (AvgIpc) is 2.91. The first kappa shape index (κ1) is 17.6. The summed E-state index contributed by atoms with van der Waals surface area (Å²) >= 11 is 1.47. The van der Waals surface area contributed by atoms with E-state index in [1.54, 1.807) is 5.38 Å². The number of hydrogen-bond acceptors (Lipinski definition) is 4. The monoisotopic (exact) mass is 332 g/mol. The Balaban J connectivity index is 2.19. The number of carboxylic acids is 1. The first-order chi connectivity index (χ1) is 10.8. The minimum atomic E-state index is -1.09. The molecule has 0 aliphatic heterocycles. The van der Waals surface area contributed by atoms with Crippen LogP contribution < -0.4 is 10.0 Å². The second-order valence-electron chi connectivity index (χ2n) is 6.78. The molecule has 1 aromatic heterocycles. The highest BCUT2D eigenvalue weighted by Gasteiger charge is 2.23. The summed E-state index contributed by atoms with van der Waals surface area (Å²) in [6.45, 7) is 11.0. The van der Waals surface area contributed by atoms with Crippen LogP contribution in [0.2, 0.25) is 0 Å². The lowest BCUT2D eigenvalue weighted by Gasteiger charge is -2.31. The van der Waals surface area contributed by atoms with Crippen molar-refractivity contribution in [3.63, 3.8) is 0 Å². The average molecular weight is 332 g/mol. The number of thiazole rings is 1. The van der Waals surface area contributed by atoms with Crippen LogP contribution in [0, 0.1) is 0 Å². The Morgan fingerprint density at radius 2 is 2.09 bits per heavy atom. The van der Waals surface area contributed by atoms with Gasteiger partial charge in [0.05, 0.1) is 17.8 Å². The molecule has 0 saturated carbocycles. The molecule has 0 aliphatic rings. The van der Waals surface area contributed by atoms with E-state index in [0.29, 0.717) is 5.69 Å². The van der Waals surface area contributed by atoms with Gasteiger partial charge in [-0.1, -0.05) is 18.2 Å². The van der Waals surface area contributed by atoms with E-state index in [1.807, 2.05) is 12.1 Å². The summed E-state index contributed by atoms with van der Waals surface area (Å²) in [4.78, 5) is 16.6. The zero-order valence-corrected chi connectivity index (χ0v) is 15.0. The quantitative estimate of drug-likeness (QED) is 0.868. The Morgan fingerprint density at radius 3 is 2.70 bits per heavy atom. The van der Waals surface area contributed by atoms with Crippen molar-refractivity contribution >= 4 is 17.3 Å². The number of carboxylic acid groups (broad SMARTS) is 1. The van der Waals surface area contributed by atoms with E-state index in [-0.39, 0.29) is 12.0 Å². The molecule has 1 atom stereocenters. The van der Waals surface area contributed by atoms with Crippen molar-refractivity contribution in [2.24, 2.45) is 0 Å². The van der Waals surface area contributed by atoms with Gasteiger partial charge in [-0.2, -0.15) is 0 Å². The van der Waals surface area contributed by atoms with Crippen LogP contribution >= 0.6 is 11.3 Å². The Bertz CT molecular complexity index is 674. The molecule has 124 valence electrons. The van der Waals surface area contributed by atoms with E-state index in [4.69, 9.17) is 0 Å². The molecule has 1 N–H and O–H groups in total. The van der Waals surface area contributed by atoms with Gasteiger partial charge in [-0.05, 0) is 33.8 Å². The number of quaternary nitrogens is 1. The van der Waals surface area contributed by atoms with Gasteiger partial charge in [-0.25, -0.2) is 4.98 Å². The van der Waals surface area contributed by atoms with Crippen molar-refractivity contribution in [1.29, 1.82) is 0 Å². The molecule has 4 nitrogen and oxygen atoms in total. The summed E-state index contributed by atoms with van der Waals surface area (Å²) in [6.07, 6.45) is -0.131. The van der Waals surface area contributed by atoms with Crippen molar-refractivity contribution in [2.75, 3.05) is 6.54 Å². The van der Waals surface area contributed by atoms with Crippen LogP contribution in [0.15, 0.2) is 29.6 Å². The van der Waals surface area contributed by atoms with Gasteiger partial charge >= 0.3 is 0 Å². The van der Waals surface area contributed by atoms with Gasteiger partial charge in [0.1, 0.15) is 11.6 Å². The fourth-order valence-electron chi connectivity index (χ4n) is 2.65. The van der Waals surface area contributed by atoms with E-state index in [1.165, 1.54) is 21.8 Å². The molecule has 2 aromatic rings. The number of rotatable bonds is 6. The molecule has 0 fully saturated rings. The summed E-state index contributed by atoms with van der Waals surface area (Å²) in [5, 5.41) is 13.3. The fourth-order valence-corrected chi connectivity index (χ4v) is 3.47. The first-order valence-corrected chi connectivity index (χ1v) is 8.76. The third-order valence-electron chi connectivity index (χ3n) is 3.96. The molecular weight excluding hydrogens is 308 g/mol. The minimum absolute atomic E-state index is 0.131. The molecule has 1 heterocycles. The maximum atomic E-state index is 10.7. The lowest BCUT2D eigenvalue weighted by atomic mass is 10.0. The number of carbonyl (C=O) groups excluding carboxylic acids is 1. The summed E-state index contributed by atoms with van der Waals surface area (Å²) in [6, 6.07) is 8.36. The Labute approximate surface area is 141 Å². The molecule has 0 saturated heterocycles. The van der Waals surface area contributed by atoms with E-state index in [2.05, 4.69) is 44.8 Å². The van der Waals surface area contributed by atoms with Crippen LogP contribution in [0.1, 0.15) is 39.0 Å². The molecule has 0 aliphatic carbocycles. The van der Waals surface area contributed by atoms with Crippen LogP contribution in [-0.2, 0) is 17.8 Å². The molecular formula is C18H24N2O2S. The van der Waals surface area contributed by atoms with Gasteiger partial charge in [0.25, 0.3) is 0 Å². The number of nitrogens with zero attached hydrogens (tertiary/aromatic N) is 1. The number of aliphatic carboxylic acids is 1. The van der Waals surface area contributed by atoms with Gasteiger partial charge in [-0.15, -0.1) is 11.3 Å². The van der Waals surface area contributed by atoms with Gasteiger partial charge in [-0.3, -0.25) is 0 Å². The third kappa shape index (κ3) is 4.88. The van der Waals surface area contributed by atoms with E-state index < -0.39 is 5.97 Å². The second kappa shape index (κ2) is 7.23. The molecule has 0 spiro atoms. The molecule has 1 aromatic carbocycles. The van der Waals surface area contributed by atoms with E-state index in [0.717, 1.165) is 23.7 Å². The zero-order valence-electron chi connectivity index (χ0n) is 14.2. The third-order valence-corrected chi connectivity index (χ3v) is 4.90. The van der Waals surface area contributed by atoms with Crippen molar-refractivity contribution < 1.29 is 14.8 Å². The highest BCUT2D eigenvalue weighted by molar-refractivity contribution is 7.13. The highest BCUT2D eigenvalue weighted by Crippen LogP contribution is 2.24. The summed E-state index contributed by atoms with van der Waals surface area (Å²) in [5.41, 5.74) is 3.08. The molecule has 1 unspecified atom stereocenters. The molecule has 0 amide bonds. The van der Waals surface area contributed by atoms with Crippen molar-refractivity contribution in [3.05, 3.63) is 40.9 Å². The summed E-state index contributed by atoms with van der Waals surface area (Å²) in [5.74, 6) is -1.09. The topological polar surface area (TPSA) is 57.5 Å². The largest absolute Gasteiger partial charge is 0.550 e. The predicted octanol–water partition coefficient (Wildman–Crippen LogP) is 1.31. The lowest BCUT2D eigenvalue weighted by molar-refractivity contribution is -0.958. The molecule has 0 radical (unpaired) electrons. The van der Waals surface area contributed by atoms with Crippen LogP contribution in [-0.4, -0.2) is 23.0 Å². The smallest absolute Gasteiger partial charge is 0.123 e. The van der Waals surface area contributed by atoms with Crippen LogP contribution in [0.4, 0.5) is 0 Å². The number of aromatic nitrogens is 1. The van der Waals surface area contributed by atoms with Crippen LogP contribution in [0.5, 0.6) is 0 Å². The maximum absolute atomic E-state index is 10.7. The van der Waals surface area contributed by atoms with Gasteiger partial charge in [0, 0.05) is 28.9 Å². The van der Waals surface area contributed by atoms with Gasteiger partial charge in [0.2, 0.25) is 0 Å². The standard InChI is InChI=1S/C18H24N2O2S/c1-5-20(18(2,3)4)11-13-7-6-8-14(9-13)17-19-15(12-23-17)10-16(21)22/h6-9,12H,5,10-11H2,1-4H3,(H,21,22). The molecule has 5 heteroatoms. The van der Waals surface area contributed by atoms with E-state index in [9.17, 15) is 9.90 Å². The fraction of sp³-hybridized carbons (Fsp3) is 0.444. The number of carbonyl (C=O) groups is 1. The van der Waals surface area contributed by atoms with Crippen molar-refractivity contribution in [1.82, 2.24) is 4.98 Å². The van der Waals surface area contributed by atoms with E-state index >= 15 is 0 Å². The van der Waals surface area contributed by atoms with Crippen molar-refractivity contribution in [3.8, 4) is 10.6 Å². The Kier molecular flexibility index (Phi) is 5.55. The lowest BCUT2D eigenvalue weighted by Crippen LogP contribution is -3.17. The van der Waals surface area contributed by atoms with Crippen molar-refractivity contribution in [2.45, 2.75) is 46.2 Å². The van der Waals surface area contributed by atoms with Gasteiger partial charge in [0.15, 0.2) is 0 Å². The van der Waals surface area contributed by atoms with Crippen LogP contribution in [0.3, 0.4) is 0 Å². The molecule has 0 bridgehead atoms. The van der Waals surface area contributed by atoms with Crippen LogP contribution in [0.25, 0.3) is 10.6 Å². The molecule has 23 heavy (non-hydrogen) atoms. The normalized spacial score (nSPS) is 13.0. The van der Waals surface area contributed by atoms with Gasteiger partial charge < -0.3 is 14.8 Å². The predicted molar refractivity (Wildman–Crippen MR) is 91.2 cm³/mol. The maximum Gasteiger partial charge on any atom is 0.123 e. The Hall–Kier alpha value is -1.72. The number of nitrogens with one attached hydrogen (secondary N) is 1. The summed E-state index contributed by atoms with van der Waals surface area (Å²) in [7, 11) is 0. The first-order valence-electron chi connectivity index (χ1n) is 7.88.